The summed E-state index contributed by atoms with van der Waals surface area (Å²) >= 11 is 0. The second-order valence-corrected chi connectivity index (χ2v) is 46.3. The van der Waals surface area contributed by atoms with Crippen LogP contribution in [0, 0.1) is 129 Å². The van der Waals surface area contributed by atoms with Crippen molar-refractivity contribution in [2.75, 3.05) is 33.4 Å². The van der Waals surface area contributed by atoms with Crippen LogP contribution in [0.4, 0.5) is 32.2 Å². The number of Topliss-reactive ketones (excluding diaryl/α,β-unsaturated/α-hetero) is 2. The van der Waals surface area contributed by atoms with Crippen LogP contribution in [0.25, 0.3) is 4.85 Å². The van der Waals surface area contributed by atoms with E-state index in [0.29, 0.717) is 103 Å². The van der Waals surface area contributed by atoms with Gasteiger partial charge >= 0.3 is 5.97 Å². The number of amides is 5. The summed E-state index contributed by atoms with van der Waals surface area (Å²) in [6.07, 6.45) is 34.6. The van der Waals surface area contributed by atoms with Gasteiger partial charge < -0.3 is 38.4 Å². The number of ketones is 2. The molecule has 23 aliphatic rings. The van der Waals surface area contributed by atoms with Crippen LogP contribution in [0.5, 0.6) is 0 Å². The molecule has 7 heterocycles. The average molecular weight is 1930 g/mol. The predicted octanol–water partition coefficient (Wildman–Crippen LogP) is 21.5. The lowest BCUT2D eigenvalue weighted by molar-refractivity contribution is -0.277. The summed E-state index contributed by atoms with van der Waals surface area (Å²) in [7, 11) is 1.36. The van der Waals surface area contributed by atoms with Gasteiger partial charge in [0.15, 0.2) is 6.33 Å². The molecule has 0 N–H and O–H groups in total. The van der Waals surface area contributed by atoms with Crippen molar-refractivity contribution < 1.29 is 74.2 Å². The molecule has 22 nitrogen and oxygen atoms in total. The smallest absolute Gasteiger partial charge is 0.311 e. The molecular weight excluding hydrogens is 1800 g/mol. The Bertz CT molecular complexity index is 6290. The highest BCUT2D eigenvalue weighted by Gasteiger charge is 2.78. The number of aryl methyl sites for hydroxylation is 5. The maximum atomic E-state index is 13.6. The number of esters is 1. The SMILES string of the molecule is CC(=O)CC12CC(C(=O)N3CCCC3c3cccc(C)c3)(C1)C2.CCOC12CC(C(=O)N3CCCC3c3cccc(C)c3)(C1)C2.COC(=O)C12CC(C(=O)CCc3cc(F)cc(F)c3)(C1)C2.Cc1cccc(C2CCCN2C(=O)C23CC(C)(C2)C3)c1.Cc1cn(CC23CC(C(=O)N4N=CCC4c4cc(F)cc(F)c4)(C2)C3)cn1.[C-]#[N+]c1cncn1CC12CC(C(=O)N3N=CCC3c3cc(F)cc(F)c3)(C1)C2. The minimum atomic E-state index is -0.658. The molecule has 18 saturated carbocycles. The molecular formula is C113H126F6N12O10. The van der Waals surface area contributed by atoms with E-state index in [0.717, 1.165) is 192 Å². The van der Waals surface area contributed by atoms with E-state index in [2.05, 4.69) is 145 Å². The molecule has 5 aliphatic heterocycles. The summed E-state index contributed by atoms with van der Waals surface area (Å²) in [5, 5.41) is 11.3. The van der Waals surface area contributed by atoms with E-state index in [4.69, 9.17) is 16.0 Å². The average Bonchev–Trinajstić information content (AvgIpc) is 1.45. The Morgan fingerprint density at radius 1 is 0.461 bits per heavy atom. The molecule has 2 aromatic heterocycles. The first-order valence-electron chi connectivity index (χ1n) is 50.6. The third kappa shape index (κ3) is 17.6. The first-order chi connectivity index (χ1) is 67.2. The number of halogens is 6. The third-order valence-corrected chi connectivity index (χ3v) is 34.9. The van der Waals surface area contributed by atoms with E-state index in [1.54, 1.807) is 31.9 Å². The number of carbonyl (C=O) groups excluding carboxylic acids is 8. The molecule has 740 valence electrons. The van der Waals surface area contributed by atoms with Gasteiger partial charge in [-0.2, -0.15) is 10.2 Å². The van der Waals surface area contributed by atoms with Crippen LogP contribution in [0.1, 0.15) is 287 Å². The molecule has 6 aromatic carbocycles. The zero-order chi connectivity index (χ0) is 99.2. The Labute approximate surface area is 820 Å². The van der Waals surface area contributed by atoms with Crippen molar-refractivity contribution in [2.24, 2.45) is 69.8 Å². The van der Waals surface area contributed by atoms with Crippen LogP contribution in [-0.2, 0) is 67.3 Å². The van der Waals surface area contributed by atoms with Gasteiger partial charge in [-0.05, 0) is 288 Å². The number of hydrogen-bond acceptors (Lipinski definition) is 14. The van der Waals surface area contributed by atoms with Crippen molar-refractivity contribution in [1.29, 1.82) is 0 Å². The first kappa shape index (κ1) is 96.7. The van der Waals surface area contributed by atoms with Crippen molar-refractivity contribution in [3.8, 4) is 0 Å². The molecule has 12 bridgehead atoms. The largest absolute Gasteiger partial charge is 0.469 e. The fourth-order valence-electron chi connectivity index (χ4n) is 29.7. The van der Waals surface area contributed by atoms with Gasteiger partial charge in [0, 0.05) is 106 Å². The van der Waals surface area contributed by atoms with E-state index in [1.807, 2.05) is 30.9 Å². The second kappa shape index (κ2) is 36.0. The number of hydrazone groups is 2. The fraction of sp³-hybridized carbons (Fsp3) is 0.531. The van der Waals surface area contributed by atoms with Crippen LogP contribution in [0.2, 0.25) is 0 Å². The lowest BCUT2D eigenvalue weighted by Gasteiger charge is -2.70. The normalized spacial score (nSPS) is 32.9. The molecule has 141 heavy (non-hydrogen) atoms. The van der Waals surface area contributed by atoms with E-state index < -0.39 is 57.8 Å². The summed E-state index contributed by atoms with van der Waals surface area (Å²) in [6.45, 7) is 26.6. The zero-order valence-corrected chi connectivity index (χ0v) is 81.9. The quantitative estimate of drug-likeness (QED) is 0.0330. The highest BCUT2D eigenvalue weighted by Crippen LogP contribution is 2.79. The maximum absolute atomic E-state index is 13.6. The number of methoxy groups -OCH3 is 1. The van der Waals surface area contributed by atoms with Gasteiger partial charge in [-0.1, -0.05) is 103 Å². The van der Waals surface area contributed by atoms with Crippen molar-refractivity contribution in [2.45, 2.75) is 284 Å². The maximum Gasteiger partial charge on any atom is 0.311 e. The number of aromatic nitrogens is 4. The first-order valence-corrected chi connectivity index (χ1v) is 50.6. The van der Waals surface area contributed by atoms with Crippen LogP contribution in [0.3, 0.4) is 0 Å². The standard InChI is InChI=1S/C20H17F2N5O.C20H20F2N4O.C20H25NO2.C19H25NO2.C18H23NO.C16H16F2O3/c1-23-17-7-24-12-26(17)11-19-8-20(9-19,10-19)18(28)27-16(2-3-25-27)13-4-14(21)6-15(22)5-13;1-13-7-25(12-23-13)11-19-8-20(9-19,10-19)18(27)26-17(2-3-24-26)14-4-15(21)6-16(22)5-14;1-14-5-3-6-16(9-14)17-7-4-8-21(17)18(23)20-11-19(12-20,13-20)10-15(2)22;1-3-22-19-11-18(12-19,13-19)17(21)20-9-5-8-16(20)15-7-4-6-14(2)10-15;1-13-5-3-6-14(9-13)15-7-4-8-19(15)16(20)18-10-17(2,11-18)12-18;1-21-14(20)16-7-15(8-16,9-16)13(19)3-2-10-4-11(17)6-12(18)5-10/h3-7,12,16H,2,8-11H2;3-7,12,17H,2,8-11H2,1H3;3,5-6,9,17H,4,7-8,10-13H2,1-2H3;4,6-7,10,16H,3,5,8-9,11-13H2,1-2H3;3,5-6,9,15H,4,7-8,10-12H2,1-2H3;4-6H,2-3,7-9H2,1H3. The van der Waals surface area contributed by atoms with E-state index in [1.165, 1.54) is 86.9 Å². The van der Waals surface area contributed by atoms with E-state index >= 15 is 0 Å². The summed E-state index contributed by atoms with van der Waals surface area (Å²) < 4.78 is 95.1. The summed E-state index contributed by atoms with van der Waals surface area (Å²) in [5.74, 6) is -2.13. The zero-order valence-electron chi connectivity index (χ0n) is 81.9. The molecule has 8 aromatic rings. The van der Waals surface area contributed by atoms with Gasteiger partial charge in [0.1, 0.15) is 46.5 Å². The monoisotopic (exact) mass is 1920 g/mol. The molecule has 5 amide bonds. The van der Waals surface area contributed by atoms with Gasteiger partial charge in [0.05, 0.1) is 100 Å². The van der Waals surface area contributed by atoms with Crippen molar-refractivity contribution >= 4 is 65.3 Å². The van der Waals surface area contributed by atoms with E-state index in [9.17, 15) is 64.7 Å². The highest BCUT2D eigenvalue weighted by molar-refractivity contribution is 5.96. The minimum Gasteiger partial charge on any atom is -0.469 e. The molecule has 18 aliphatic carbocycles. The lowest BCUT2D eigenvalue weighted by Crippen LogP contribution is -2.73. The number of carbonyl (C=O) groups is 8. The van der Waals surface area contributed by atoms with Gasteiger partial charge in [-0.15, -0.1) is 0 Å². The number of likely N-dealkylation sites (tertiary alicyclic amines) is 3. The lowest BCUT2D eigenvalue weighted by atomic mass is 9.33. The molecule has 0 spiro atoms. The number of benzene rings is 6. The number of hydrogen-bond donors (Lipinski definition) is 0. The van der Waals surface area contributed by atoms with Crippen LogP contribution >= 0.6 is 0 Å². The summed E-state index contributed by atoms with van der Waals surface area (Å²) in [4.78, 5) is 119. The van der Waals surface area contributed by atoms with Crippen LogP contribution in [0.15, 0.2) is 163 Å². The topological polar surface area (TPSA) is 236 Å². The molecule has 31 rings (SSSR count). The van der Waals surface area contributed by atoms with Gasteiger partial charge in [-0.3, -0.25) is 38.1 Å². The summed E-state index contributed by atoms with van der Waals surface area (Å²) in [5.41, 5.74) is 9.24. The third-order valence-electron chi connectivity index (χ3n) is 34.9. The Morgan fingerprint density at radius 2 is 0.865 bits per heavy atom. The number of ether oxygens (including phenoxy) is 2. The minimum absolute atomic E-state index is 0.0189. The number of rotatable bonds is 23. The summed E-state index contributed by atoms with van der Waals surface area (Å²) in [6, 6.07) is 35.9. The van der Waals surface area contributed by atoms with E-state index in [-0.39, 0.29) is 96.8 Å². The van der Waals surface area contributed by atoms with Crippen LogP contribution < -0.4 is 0 Å². The van der Waals surface area contributed by atoms with Gasteiger partial charge in [-0.25, -0.2) is 46.3 Å². The predicted molar refractivity (Wildman–Crippen MR) is 515 cm³/mol. The molecule has 5 unspecified atom stereocenters. The number of nitrogens with zero attached hydrogens (tertiary/aromatic N) is 12. The molecule has 0 radical (unpaired) electrons. The molecule has 21 fully saturated rings. The second-order valence-electron chi connectivity index (χ2n) is 46.3. The molecule has 28 heteroatoms. The Morgan fingerprint density at radius 3 is 1.26 bits per heavy atom. The Hall–Kier alpha value is -11.7. The van der Waals surface area contributed by atoms with Crippen molar-refractivity contribution in [1.82, 2.24) is 43.8 Å². The van der Waals surface area contributed by atoms with Gasteiger partial charge in [0.2, 0.25) is 35.4 Å². The Balaban J connectivity index is 0.000000104. The van der Waals surface area contributed by atoms with Crippen LogP contribution in [-0.4, -0.2) is 142 Å². The van der Waals surface area contributed by atoms with Crippen molar-refractivity contribution in [3.05, 3.63) is 255 Å². The highest BCUT2D eigenvalue weighted by atomic mass is 19.2. The fourth-order valence-corrected chi connectivity index (χ4v) is 29.7. The Kier molecular flexibility index (Phi) is 24.7. The van der Waals surface area contributed by atoms with Gasteiger partial charge in [0.25, 0.3) is 0 Å². The van der Waals surface area contributed by atoms with Crippen molar-refractivity contribution in [3.63, 3.8) is 0 Å². The molecule has 3 saturated heterocycles. The molecule has 5 atom stereocenters. The number of imidazole rings is 2.